The molecular formula is C24H20FN3. The summed E-state index contributed by atoms with van der Waals surface area (Å²) in [7, 11) is 0. The third kappa shape index (κ3) is 2.69. The number of allylic oxidation sites excluding steroid dienone is 1. The summed E-state index contributed by atoms with van der Waals surface area (Å²) in [6.45, 7) is 4.23. The average Bonchev–Trinajstić information content (AvgIpc) is 3.08. The first-order valence-electron chi connectivity index (χ1n) is 9.39. The van der Waals surface area contributed by atoms with E-state index in [9.17, 15) is 4.39 Å². The number of rotatable bonds is 2. The largest absolute Gasteiger partial charge is 0.325 e. The van der Waals surface area contributed by atoms with Crippen LogP contribution in [0.25, 0.3) is 16.7 Å². The number of hydrogen-bond acceptors (Lipinski definition) is 2. The molecule has 28 heavy (non-hydrogen) atoms. The lowest BCUT2D eigenvalue weighted by Crippen LogP contribution is -2.19. The number of benzene rings is 3. The lowest BCUT2D eigenvalue weighted by molar-refractivity contribution is 0.624. The normalized spacial score (nSPS) is 15.8. The number of anilines is 1. The van der Waals surface area contributed by atoms with Crippen molar-refractivity contribution in [1.29, 1.82) is 0 Å². The van der Waals surface area contributed by atoms with Crippen molar-refractivity contribution in [3.8, 4) is 0 Å². The van der Waals surface area contributed by atoms with Gasteiger partial charge in [-0.1, -0.05) is 36.4 Å². The molecule has 3 aromatic carbocycles. The van der Waals surface area contributed by atoms with Crippen LogP contribution in [0.15, 0.2) is 72.8 Å². The topological polar surface area (TPSA) is 29.9 Å². The maximum atomic E-state index is 13.5. The Labute approximate surface area is 163 Å². The molecule has 0 aliphatic carbocycles. The monoisotopic (exact) mass is 369 g/mol. The van der Waals surface area contributed by atoms with Crippen LogP contribution in [0, 0.1) is 19.7 Å². The van der Waals surface area contributed by atoms with Crippen LogP contribution in [0.2, 0.25) is 0 Å². The van der Waals surface area contributed by atoms with Gasteiger partial charge in [0.15, 0.2) is 0 Å². The summed E-state index contributed by atoms with van der Waals surface area (Å²) in [5.41, 5.74) is 7.66. The minimum atomic E-state index is -0.230. The van der Waals surface area contributed by atoms with Crippen molar-refractivity contribution in [3.63, 3.8) is 0 Å². The number of imidazole rings is 1. The van der Waals surface area contributed by atoms with Crippen LogP contribution in [-0.4, -0.2) is 9.55 Å². The molecule has 0 bridgehead atoms. The van der Waals surface area contributed by atoms with Gasteiger partial charge >= 0.3 is 0 Å². The van der Waals surface area contributed by atoms with Crippen LogP contribution in [-0.2, 0) is 0 Å². The highest BCUT2D eigenvalue weighted by Gasteiger charge is 2.25. The van der Waals surface area contributed by atoms with E-state index in [1.807, 2.05) is 30.3 Å². The van der Waals surface area contributed by atoms with Crippen LogP contribution in [0.3, 0.4) is 0 Å². The second-order valence-corrected chi connectivity index (χ2v) is 7.29. The van der Waals surface area contributed by atoms with Gasteiger partial charge < -0.3 is 5.32 Å². The Morgan fingerprint density at radius 3 is 2.50 bits per heavy atom. The zero-order chi connectivity index (χ0) is 19.3. The number of aryl methyl sites for hydroxylation is 2. The molecule has 1 aromatic heterocycles. The zero-order valence-corrected chi connectivity index (χ0v) is 15.8. The Hall–Kier alpha value is -3.40. The van der Waals surface area contributed by atoms with Crippen LogP contribution in [0.5, 0.6) is 0 Å². The fraction of sp³-hybridized carbons (Fsp3) is 0.125. The van der Waals surface area contributed by atoms with Gasteiger partial charge in [0, 0.05) is 5.70 Å². The first-order valence-corrected chi connectivity index (χ1v) is 9.39. The number of nitrogens with zero attached hydrogens (tertiary/aromatic N) is 2. The van der Waals surface area contributed by atoms with E-state index in [2.05, 4.69) is 54.1 Å². The summed E-state index contributed by atoms with van der Waals surface area (Å²) in [4.78, 5) is 4.80. The molecule has 0 saturated heterocycles. The maximum absolute atomic E-state index is 13.5. The molecule has 138 valence electrons. The van der Waals surface area contributed by atoms with E-state index in [1.165, 1.54) is 23.3 Å². The van der Waals surface area contributed by atoms with Gasteiger partial charge in [0.1, 0.15) is 5.82 Å². The highest BCUT2D eigenvalue weighted by atomic mass is 19.1. The van der Waals surface area contributed by atoms with Crippen LogP contribution in [0.4, 0.5) is 10.3 Å². The summed E-state index contributed by atoms with van der Waals surface area (Å²) in [6.07, 6.45) is 2.19. The molecule has 1 atom stereocenters. The Morgan fingerprint density at radius 1 is 0.929 bits per heavy atom. The zero-order valence-electron chi connectivity index (χ0n) is 15.8. The van der Waals surface area contributed by atoms with Gasteiger partial charge in [0.2, 0.25) is 5.95 Å². The number of hydrogen-bond donors (Lipinski definition) is 1. The van der Waals surface area contributed by atoms with Gasteiger partial charge in [-0.15, -0.1) is 0 Å². The molecule has 5 rings (SSSR count). The highest BCUT2D eigenvalue weighted by molar-refractivity contribution is 5.85. The lowest BCUT2D eigenvalue weighted by Gasteiger charge is -2.27. The molecule has 2 heterocycles. The summed E-state index contributed by atoms with van der Waals surface area (Å²) in [5, 5.41) is 3.50. The first-order chi connectivity index (χ1) is 13.6. The summed E-state index contributed by atoms with van der Waals surface area (Å²) in [6, 6.07) is 21.2. The summed E-state index contributed by atoms with van der Waals surface area (Å²) in [5.74, 6) is 0.568. The molecule has 1 N–H and O–H groups in total. The van der Waals surface area contributed by atoms with Gasteiger partial charge in [-0.3, -0.25) is 4.57 Å². The second-order valence-electron chi connectivity index (χ2n) is 7.29. The minimum Gasteiger partial charge on any atom is -0.325 e. The Kier molecular flexibility index (Phi) is 3.79. The molecule has 1 aliphatic rings. The molecular weight excluding hydrogens is 349 g/mol. The quantitative estimate of drug-likeness (QED) is 0.480. The van der Waals surface area contributed by atoms with Crippen LogP contribution >= 0.6 is 0 Å². The highest BCUT2D eigenvalue weighted by Crippen LogP contribution is 2.37. The predicted octanol–water partition coefficient (Wildman–Crippen LogP) is 5.85. The van der Waals surface area contributed by atoms with Gasteiger partial charge in [0.05, 0.1) is 17.1 Å². The van der Waals surface area contributed by atoms with E-state index in [-0.39, 0.29) is 11.9 Å². The predicted molar refractivity (Wildman–Crippen MR) is 112 cm³/mol. The Morgan fingerprint density at radius 2 is 1.71 bits per heavy atom. The van der Waals surface area contributed by atoms with E-state index in [0.29, 0.717) is 0 Å². The van der Waals surface area contributed by atoms with Gasteiger partial charge in [0.25, 0.3) is 0 Å². The average molecular weight is 369 g/mol. The minimum absolute atomic E-state index is 0.0686. The van der Waals surface area contributed by atoms with Crippen molar-refractivity contribution in [2.45, 2.75) is 19.9 Å². The number of halogens is 1. The molecule has 0 radical (unpaired) electrons. The fourth-order valence-electron chi connectivity index (χ4n) is 3.79. The molecule has 0 spiro atoms. The molecule has 4 heteroatoms. The Balaban J connectivity index is 1.71. The standard InChI is InChI=1S/C24H20FN3/c1-15-7-8-18(13-16(15)2)21-14-23(17-9-11-19(25)12-10-17)28-22-6-4-3-5-20(22)26-24(28)27-21/h3-14,23H,1-2H3,(H,26,27)/t23-/m0/s1. The summed E-state index contributed by atoms with van der Waals surface area (Å²) < 4.78 is 15.7. The molecule has 0 fully saturated rings. The van der Waals surface area contributed by atoms with Crippen molar-refractivity contribution < 1.29 is 4.39 Å². The van der Waals surface area contributed by atoms with Gasteiger partial charge in [-0.25, -0.2) is 9.37 Å². The smallest absolute Gasteiger partial charge is 0.209 e. The maximum Gasteiger partial charge on any atom is 0.209 e. The van der Waals surface area contributed by atoms with Crippen molar-refractivity contribution in [2.75, 3.05) is 5.32 Å². The molecule has 0 unspecified atom stereocenters. The van der Waals surface area contributed by atoms with Crippen LogP contribution < -0.4 is 5.32 Å². The number of para-hydroxylation sites is 2. The van der Waals surface area contributed by atoms with Gasteiger partial charge in [-0.2, -0.15) is 0 Å². The van der Waals surface area contributed by atoms with Crippen molar-refractivity contribution in [1.82, 2.24) is 9.55 Å². The number of fused-ring (bicyclic) bond motifs is 3. The van der Waals surface area contributed by atoms with Crippen molar-refractivity contribution in [3.05, 3.63) is 101 Å². The molecule has 1 aliphatic heterocycles. The molecule has 0 amide bonds. The molecule has 4 aromatic rings. The third-order valence-corrected chi connectivity index (χ3v) is 5.47. The number of nitrogens with one attached hydrogen (secondary N) is 1. The fourth-order valence-corrected chi connectivity index (χ4v) is 3.79. The van der Waals surface area contributed by atoms with Crippen molar-refractivity contribution in [2.24, 2.45) is 0 Å². The van der Waals surface area contributed by atoms with E-state index in [1.54, 1.807) is 0 Å². The van der Waals surface area contributed by atoms with E-state index in [4.69, 9.17) is 4.98 Å². The summed E-state index contributed by atoms with van der Waals surface area (Å²) >= 11 is 0. The SMILES string of the molecule is Cc1ccc(C2=C[C@@H](c3ccc(F)cc3)n3c(nc4ccccc43)N2)cc1C. The van der Waals surface area contributed by atoms with E-state index in [0.717, 1.165) is 33.8 Å². The van der Waals surface area contributed by atoms with Gasteiger partial charge in [-0.05, 0) is 72.5 Å². The van der Waals surface area contributed by atoms with E-state index < -0.39 is 0 Å². The Bertz CT molecular complexity index is 1220. The lowest BCUT2D eigenvalue weighted by atomic mass is 9.99. The molecule has 0 saturated carbocycles. The number of aromatic nitrogens is 2. The third-order valence-electron chi connectivity index (χ3n) is 5.47. The second kappa shape index (κ2) is 6.34. The van der Waals surface area contributed by atoms with Crippen molar-refractivity contribution >= 4 is 22.7 Å². The first kappa shape index (κ1) is 16.8. The van der Waals surface area contributed by atoms with Crippen LogP contribution in [0.1, 0.15) is 28.3 Å². The molecule has 3 nitrogen and oxygen atoms in total. The van der Waals surface area contributed by atoms with E-state index >= 15 is 0 Å².